The first-order chi connectivity index (χ1) is 14.4. The van der Waals surface area contributed by atoms with Gasteiger partial charge in [-0.15, -0.1) is 0 Å². The summed E-state index contributed by atoms with van der Waals surface area (Å²) in [4.78, 5) is 35.7. The SMILES string of the molecule is CC[C@@H]1C(=O)N(C)c2cnc(Nc3ccc(C(C)=O)cc3OC)nc2[N+]12CCCC2. The second-order valence-corrected chi connectivity index (χ2v) is 8.01. The van der Waals surface area contributed by atoms with Crippen molar-refractivity contribution in [3.05, 3.63) is 30.0 Å². The Hall–Kier alpha value is -3.00. The molecule has 1 aromatic carbocycles. The summed E-state index contributed by atoms with van der Waals surface area (Å²) in [5.41, 5.74) is 2.04. The molecule has 1 N–H and O–H groups in total. The number of hydrogen-bond donors (Lipinski definition) is 1. The van der Waals surface area contributed by atoms with E-state index in [1.54, 1.807) is 43.5 Å². The van der Waals surface area contributed by atoms with Gasteiger partial charge in [0.2, 0.25) is 5.95 Å². The molecular formula is C22H28N5O3+. The maximum atomic E-state index is 13.0. The van der Waals surface area contributed by atoms with Crippen LogP contribution in [-0.4, -0.2) is 54.9 Å². The van der Waals surface area contributed by atoms with E-state index in [1.807, 2.05) is 0 Å². The molecule has 0 radical (unpaired) electrons. The Morgan fingerprint density at radius 2 is 2.07 bits per heavy atom. The molecule has 2 aliphatic heterocycles. The van der Waals surface area contributed by atoms with E-state index in [9.17, 15) is 9.59 Å². The van der Waals surface area contributed by atoms with Gasteiger partial charge in [0, 0.05) is 31.9 Å². The Balaban J connectivity index is 1.76. The number of fused-ring (bicyclic) bond motifs is 2. The predicted octanol–water partition coefficient (Wildman–Crippen LogP) is 3.29. The molecule has 1 aromatic heterocycles. The van der Waals surface area contributed by atoms with Gasteiger partial charge in [0.1, 0.15) is 11.4 Å². The predicted molar refractivity (Wildman–Crippen MR) is 117 cm³/mol. The summed E-state index contributed by atoms with van der Waals surface area (Å²) in [7, 11) is 3.37. The Bertz CT molecular complexity index is 1000. The third-order valence-corrected chi connectivity index (χ3v) is 6.35. The van der Waals surface area contributed by atoms with Gasteiger partial charge in [-0.3, -0.25) is 14.1 Å². The standard InChI is InChI=1S/C22H27N5O3/c1-5-18-21(29)26(3)17-13-23-22(25-20(17)27(18)10-6-7-11-27)24-16-9-8-15(14(2)28)12-19(16)30-4/h8-9,12-13,18H,5-7,10-11H2,1-4H3/p+1/t18-/m1/s1. The molecule has 4 rings (SSSR count). The highest BCUT2D eigenvalue weighted by Crippen LogP contribution is 2.43. The van der Waals surface area contributed by atoms with Crippen molar-refractivity contribution in [2.75, 3.05) is 37.5 Å². The van der Waals surface area contributed by atoms with Crippen LogP contribution in [0.3, 0.4) is 0 Å². The minimum atomic E-state index is -0.114. The zero-order chi connectivity index (χ0) is 21.5. The van der Waals surface area contributed by atoms with Gasteiger partial charge in [0.15, 0.2) is 11.8 Å². The fourth-order valence-electron chi connectivity index (χ4n) is 4.77. The summed E-state index contributed by atoms with van der Waals surface area (Å²) in [5.74, 6) is 2.01. The lowest BCUT2D eigenvalue weighted by Gasteiger charge is -2.45. The summed E-state index contributed by atoms with van der Waals surface area (Å²) in [5, 5.41) is 3.23. The van der Waals surface area contributed by atoms with Crippen molar-refractivity contribution >= 4 is 34.8 Å². The van der Waals surface area contributed by atoms with Crippen LogP contribution in [0.15, 0.2) is 24.4 Å². The number of nitrogens with one attached hydrogen (secondary N) is 1. The molecule has 1 atom stereocenters. The van der Waals surface area contributed by atoms with Crippen molar-refractivity contribution in [1.82, 2.24) is 14.5 Å². The van der Waals surface area contributed by atoms with Crippen LogP contribution in [0, 0.1) is 0 Å². The maximum absolute atomic E-state index is 13.0. The van der Waals surface area contributed by atoms with Crippen molar-refractivity contribution in [3.63, 3.8) is 0 Å². The fourth-order valence-corrected chi connectivity index (χ4v) is 4.77. The number of nitrogens with zero attached hydrogens (tertiary/aromatic N) is 4. The van der Waals surface area contributed by atoms with Gasteiger partial charge in [-0.1, -0.05) is 6.92 Å². The molecule has 2 aromatic rings. The molecule has 1 amide bonds. The number of ketones is 1. The number of aromatic nitrogens is 2. The molecular weight excluding hydrogens is 382 g/mol. The summed E-state index contributed by atoms with van der Waals surface area (Å²) >= 11 is 0. The molecule has 1 spiro atoms. The lowest BCUT2D eigenvalue weighted by molar-refractivity contribution is -0.123. The quantitative estimate of drug-likeness (QED) is 0.602. The molecule has 2 aliphatic rings. The maximum Gasteiger partial charge on any atom is 0.285 e. The van der Waals surface area contributed by atoms with E-state index in [0.29, 0.717) is 27.4 Å². The van der Waals surface area contributed by atoms with Gasteiger partial charge in [-0.05, 0) is 25.1 Å². The first kappa shape index (κ1) is 20.3. The number of carbonyl (C=O) groups is 2. The molecule has 0 unspecified atom stereocenters. The Labute approximate surface area is 176 Å². The van der Waals surface area contributed by atoms with Crippen LogP contribution in [0.1, 0.15) is 43.5 Å². The van der Waals surface area contributed by atoms with Crippen molar-refractivity contribution in [2.24, 2.45) is 0 Å². The molecule has 3 heterocycles. The van der Waals surface area contributed by atoms with Crippen molar-refractivity contribution < 1.29 is 14.3 Å². The van der Waals surface area contributed by atoms with Crippen LogP contribution < -0.4 is 19.4 Å². The average Bonchev–Trinajstić information content (AvgIpc) is 3.23. The number of rotatable bonds is 5. The highest BCUT2D eigenvalue weighted by atomic mass is 16.5. The zero-order valence-electron chi connectivity index (χ0n) is 17.9. The molecule has 8 heteroatoms. The van der Waals surface area contributed by atoms with E-state index in [0.717, 1.165) is 43.9 Å². The first-order valence-corrected chi connectivity index (χ1v) is 10.4. The topological polar surface area (TPSA) is 84.4 Å². The van der Waals surface area contributed by atoms with Gasteiger partial charge in [-0.2, -0.15) is 4.98 Å². The lowest BCUT2D eigenvalue weighted by Crippen LogP contribution is -2.64. The number of hydrogen-bond acceptors (Lipinski definition) is 6. The minimum Gasteiger partial charge on any atom is -0.495 e. The number of amides is 1. The number of anilines is 3. The summed E-state index contributed by atoms with van der Waals surface area (Å²) in [6.45, 7) is 5.42. The van der Waals surface area contributed by atoms with Crippen LogP contribution >= 0.6 is 0 Å². The third-order valence-electron chi connectivity index (χ3n) is 6.35. The van der Waals surface area contributed by atoms with Crippen molar-refractivity contribution in [1.29, 1.82) is 0 Å². The first-order valence-electron chi connectivity index (χ1n) is 10.4. The molecule has 0 aliphatic carbocycles. The highest BCUT2D eigenvalue weighted by molar-refractivity contribution is 6.03. The molecule has 1 saturated heterocycles. The number of ether oxygens (including phenoxy) is 1. The summed E-state index contributed by atoms with van der Waals surface area (Å²) in [6.07, 6.45) is 4.67. The Morgan fingerprint density at radius 3 is 2.70 bits per heavy atom. The smallest absolute Gasteiger partial charge is 0.285 e. The minimum absolute atomic E-state index is 0.0244. The van der Waals surface area contributed by atoms with E-state index in [2.05, 4.69) is 17.2 Å². The fraction of sp³-hybridized carbons (Fsp3) is 0.455. The second-order valence-electron chi connectivity index (χ2n) is 8.01. The normalized spacial score (nSPS) is 19.7. The van der Waals surface area contributed by atoms with E-state index < -0.39 is 0 Å². The Kier molecular flexibility index (Phi) is 5.19. The summed E-state index contributed by atoms with van der Waals surface area (Å²) < 4.78 is 6.06. The number of likely N-dealkylation sites (N-methyl/N-ethyl adjacent to an activating group) is 1. The third kappa shape index (κ3) is 3.11. The lowest BCUT2D eigenvalue weighted by atomic mass is 10.0. The summed E-state index contributed by atoms with van der Waals surface area (Å²) in [6, 6.07) is 5.14. The van der Waals surface area contributed by atoms with Crippen LogP contribution in [0.4, 0.5) is 23.1 Å². The van der Waals surface area contributed by atoms with Crippen LogP contribution in [0.25, 0.3) is 0 Å². The average molecular weight is 410 g/mol. The molecule has 0 saturated carbocycles. The van der Waals surface area contributed by atoms with Gasteiger partial charge in [0.25, 0.3) is 11.7 Å². The van der Waals surface area contributed by atoms with E-state index in [4.69, 9.17) is 9.72 Å². The van der Waals surface area contributed by atoms with Crippen LogP contribution in [0.5, 0.6) is 5.75 Å². The van der Waals surface area contributed by atoms with E-state index >= 15 is 0 Å². The van der Waals surface area contributed by atoms with Crippen LogP contribution in [-0.2, 0) is 4.79 Å². The van der Waals surface area contributed by atoms with Crippen LogP contribution in [0.2, 0.25) is 0 Å². The molecule has 30 heavy (non-hydrogen) atoms. The second kappa shape index (κ2) is 7.68. The van der Waals surface area contributed by atoms with Gasteiger partial charge in [0.05, 0.1) is 32.1 Å². The zero-order valence-corrected chi connectivity index (χ0v) is 17.9. The van der Waals surface area contributed by atoms with Crippen molar-refractivity contribution in [2.45, 2.75) is 39.2 Å². The molecule has 8 nitrogen and oxygen atoms in total. The van der Waals surface area contributed by atoms with E-state index in [1.165, 1.54) is 6.92 Å². The van der Waals surface area contributed by atoms with Gasteiger partial charge >= 0.3 is 0 Å². The molecule has 158 valence electrons. The number of methoxy groups -OCH3 is 1. The molecule has 1 fully saturated rings. The number of carbonyl (C=O) groups excluding carboxylic acids is 2. The number of Topliss-reactive ketones (excluding diaryl/α,β-unsaturated/α-hetero) is 1. The highest BCUT2D eigenvalue weighted by Gasteiger charge is 2.53. The van der Waals surface area contributed by atoms with Gasteiger partial charge < -0.3 is 15.0 Å². The largest absolute Gasteiger partial charge is 0.495 e. The van der Waals surface area contributed by atoms with Gasteiger partial charge in [-0.25, -0.2) is 4.98 Å². The number of benzene rings is 1. The van der Waals surface area contributed by atoms with E-state index in [-0.39, 0.29) is 17.7 Å². The monoisotopic (exact) mass is 410 g/mol. The Morgan fingerprint density at radius 1 is 1.33 bits per heavy atom. The van der Waals surface area contributed by atoms with Crippen molar-refractivity contribution in [3.8, 4) is 5.75 Å². The molecule has 0 bridgehead atoms. The number of quaternary nitrogens is 1.